The van der Waals surface area contributed by atoms with Crippen molar-refractivity contribution in [2.45, 2.75) is 26.5 Å². The van der Waals surface area contributed by atoms with E-state index in [0.717, 1.165) is 11.1 Å². The molecule has 0 spiro atoms. The van der Waals surface area contributed by atoms with Crippen LogP contribution >= 0.6 is 0 Å². The van der Waals surface area contributed by atoms with Crippen LogP contribution in [0.1, 0.15) is 24.5 Å². The molecule has 0 radical (unpaired) electrons. The highest BCUT2D eigenvalue weighted by molar-refractivity contribution is 6.10. The van der Waals surface area contributed by atoms with Gasteiger partial charge < -0.3 is 9.64 Å². The molecule has 0 saturated carbocycles. The maximum Gasteiger partial charge on any atom is 0.320 e. The summed E-state index contributed by atoms with van der Waals surface area (Å²) >= 11 is 0. The van der Waals surface area contributed by atoms with E-state index in [1.165, 1.54) is 11.8 Å². The first kappa shape index (κ1) is 17.9. The van der Waals surface area contributed by atoms with Gasteiger partial charge in [-0.3, -0.25) is 14.4 Å². The molecule has 1 heterocycles. The molecule has 1 saturated heterocycles. The van der Waals surface area contributed by atoms with Crippen molar-refractivity contribution in [3.8, 4) is 0 Å². The van der Waals surface area contributed by atoms with Crippen LogP contribution in [0.4, 0.5) is 0 Å². The molecule has 1 aliphatic heterocycles. The number of piperidine rings is 1. The van der Waals surface area contributed by atoms with E-state index in [2.05, 4.69) is 0 Å². The Hall–Kier alpha value is -2.95. The number of likely N-dealkylation sites (tertiary alicyclic amines) is 1. The average Bonchev–Trinajstić information content (AvgIpc) is 2.66. The average molecular weight is 351 g/mol. The van der Waals surface area contributed by atoms with E-state index in [-0.39, 0.29) is 31.3 Å². The normalized spacial score (nSPS) is 20.1. The molecule has 26 heavy (non-hydrogen) atoms. The lowest BCUT2D eigenvalue weighted by Crippen LogP contribution is -2.53. The molecule has 1 aliphatic rings. The highest BCUT2D eigenvalue weighted by Gasteiger charge is 2.49. The molecule has 0 N–H and O–H groups in total. The number of hydrogen-bond acceptors (Lipinski definition) is 4. The van der Waals surface area contributed by atoms with Gasteiger partial charge in [-0.15, -0.1) is 0 Å². The van der Waals surface area contributed by atoms with Crippen molar-refractivity contribution in [2.24, 2.45) is 5.41 Å². The Morgan fingerprint density at radius 2 is 1.58 bits per heavy atom. The summed E-state index contributed by atoms with van der Waals surface area (Å²) < 4.78 is 5.31. The molecule has 0 bridgehead atoms. The molecular formula is C21H21NO4. The topological polar surface area (TPSA) is 63.7 Å². The summed E-state index contributed by atoms with van der Waals surface area (Å²) in [7, 11) is 0. The fraction of sp³-hybridized carbons (Fsp3) is 0.286. The number of rotatable bonds is 5. The van der Waals surface area contributed by atoms with Crippen LogP contribution in [0.15, 0.2) is 60.7 Å². The lowest BCUT2D eigenvalue weighted by Gasteiger charge is -2.35. The molecule has 0 aromatic heterocycles. The SMILES string of the molecule is CC1(C(=O)OCc2ccccc2)CC(=O)N(Cc2ccccc2)CC1=O. The lowest BCUT2D eigenvalue weighted by molar-refractivity contribution is -0.168. The van der Waals surface area contributed by atoms with Crippen LogP contribution in [0.25, 0.3) is 0 Å². The van der Waals surface area contributed by atoms with Crippen LogP contribution in [-0.2, 0) is 32.3 Å². The Labute approximate surface area is 152 Å². The number of hydrogen-bond donors (Lipinski definition) is 0. The van der Waals surface area contributed by atoms with Gasteiger partial charge in [0.2, 0.25) is 5.91 Å². The van der Waals surface area contributed by atoms with Crippen molar-refractivity contribution < 1.29 is 19.1 Å². The van der Waals surface area contributed by atoms with Gasteiger partial charge in [0, 0.05) is 13.0 Å². The summed E-state index contributed by atoms with van der Waals surface area (Å²) in [5, 5.41) is 0. The summed E-state index contributed by atoms with van der Waals surface area (Å²) in [6.07, 6.45) is -0.160. The number of carbonyl (C=O) groups excluding carboxylic acids is 3. The van der Waals surface area contributed by atoms with Crippen molar-refractivity contribution in [2.75, 3.05) is 6.54 Å². The molecule has 1 fully saturated rings. The minimum Gasteiger partial charge on any atom is -0.460 e. The fourth-order valence-electron chi connectivity index (χ4n) is 2.97. The van der Waals surface area contributed by atoms with Crippen molar-refractivity contribution in [1.82, 2.24) is 4.90 Å². The monoisotopic (exact) mass is 351 g/mol. The lowest BCUT2D eigenvalue weighted by atomic mass is 9.78. The van der Waals surface area contributed by atoms with E-state index in [9.17, 15) is 14.4 Å². The Balaban J connectivity index is 1.64. The van der Waals surface area contributed by atoms with Crippen molar-refractivity contribution >= 4 is 17.7 Å². The second kappa shape index (κ2) is 7.52. The molecule has 2 aromatic carbocycles. The molecule has 1 unspecified atom stereocenters. The second-order valence-corrected chi connectivity index (χ2v) is 6.73. The van der Waals surface area contributed by atoms with Crippen LogP contribution in [-0.4, -0.2) is 29.1 Å². The van der Waals surface area contributed by atoms with Gasteiger partial charge in [-0.2, -0.15) is 0 Å². The smallest absolute Gasteiger partial charge is 0.320 e. The van der Waals surface area contributed by atoms with Gasteiger partial charge in [0.05, 0.1) is 6.54 Å². The number of esters is 1. The highest BCUT2D eigenvalue weighted by Crippen LogP contribution is 2.31. The van der Waals surface area contributed by atoms with E-state index >= 15 is 0 Å². The Kier molecular flexibility index (Phi) is 5.16. The minimum absolute atomic E-state index is 0.0787. The Morgan fingerprint density at radius 3 is 2.19 bits per heavy atom. The molecule has 5 nitrogen and oxygen atoms in total. The maximum absolute atomic E-state index is 12.6. The van der Waals surface area contributed by atoms with Gasteiger partial charge in [-0.1, -0.05) is 60.7 Å². The van der Waals surface area contributed by atoms with Crippen LogP contribution in [0.3, 0.4) is 0 Å². The first-order valence-electron chi connectivity index (χ1n) is 8.55. The molecule has 134 valence electrons. The molecule has 3 rings (SSSR count). The number of ketones is 1. The van der Waals surface area contributed by atoms with E-state index < -0.39 is 11.4 Å². The number of nitrogens with zero attached hydrogens (tertiary/aromatic N) is 1. The van der Waals surface area contributed by atoms with Gasteiger partial charge in [0.1, 0.15) is 12.0 Å². The standard InChI is InChI=1S/C21H21NO4/c1-21(20(25)26-15-17-10-6-3-7-11-17)12-19(24)22(14-18(21)23)13-16-8-4-2-5-9-16/h2-11H,12-15H2,1H3. The quantitative estimate of drug-likeness (QED) is 0.614. The van der Waals surface area contributed by atoms with E-state index in [1.807, 2.05) is 60.7 Å². The van der Waals surface area contributed by atoms with Crippen molar-refractivity contribution in [3.63, 3.8) is 0 Å². The van der Waals surface area contributed by atoms with E-state index in [0.29, 0.717) is 6.54 Å². The number of benzene rings is 2. The number of ether oxygens (including phenoxy) is 1. The third kappa shape index (κ3) is 3.82. The van der Waals surface area contributed by atoms with Crippen LogP contribution in [0.5, 0.6) is 0 Å². The van der Waals surface area contributed by atoms with Crippen LogP contribution in [0.2, 0.25) is 0 Å². The molecule has 2 aromatic rings. The van der Waals surface area contributed by atoms with Gasteiger partial charge in [-0.25, -0.2) is 0 Å². The first-order valence-corrected chi connectivity index (χ1v) is 8.55. The first-order chi connectivity index (χ1) is 12.5. The van der Waals surface area contributed by atoms with Gasteiger partial charge >= 0.3 is 5.97 Å². The maximum atomic E-state index is 12.6. The summed E-state index contributed by atoms with van der Waals surface area (Å²) in [5.74, 6) is -1.14. The Morgan fingerprint density at radius 1 is 1.00 bits per heavy atom. The minimum atomic E-state index is -1.42. The number of carbonyl (C=O) groups is 3. The molecule has 0 aliphatic carbocycles. The molecule has 1 amide bonds. The van der Waals surface area contributed by atoms with Crippen molar-refractivity contribution in [3.05, 3.63) is 71.8 Å². The summed E-state index contributed by atoms with van der Waals surface area (Å²) in [6, 6.07) is 18.7. The number of Topliss-reactive ketones (excluding diaryl/α,β-unsaturated/α-hetero) is 1. The summed E-state index contributed by atoms with van der Waals surface area (Å²) in [5.41, 5.74) is 0.368. The van der Waals surface area contributed by atoms with Gasteiger partial charge in [-0.05, 0) is 18.1 Å². The third-order valence-electron chi connectivity index (χ3n) is 4.69. The zero-order chi connectivity index (χ0) is 18.6. The summed E-state index contributed by atoms with van der Waals surface area (Å²) in [6.45, 7) is 1.87. The Bertz CT molecular complexity index is 803. The summed E-state index contributed by atoms with van der Waals surface area (Å²) in [4.78, 5) is 39.1. The zero-order valence-corrected chi connectivity index (χ0v) is 14.7. The van der Waals surface area contributed by atoms with Gasteiger partial charge in [0.15, 0.2) is 5.78 Å². The van der Waals surface area contributed by atoms with Crippen LogP contribution < -0.4 is 0 Å². The highest BCUT2D eigenvalue weighted by atomic mass is 16.5. The molecule has 1 atom stereocenters. The molecule has 5 heteroatoms. The fourth-order valence-corrected chi connectivity index (χ4v) is 2.97. The van der Waals surface area contributed by atoms with Gasteiger partial charge in [0.25, 0.3) is 0 Å². The van der Waals surface area contributed by atoms with Crippen molar-refractivity contribution in [1.29, 1.82) is 0 Å². The van der Waals surface area contributed by atoms with E-state index in [1.54, 1.807) is 0 Å². The largest absolute Gasteiger partial charge is 0.460 e. The third-order valence-corrected chi connectivity index (χ3v) is 4.69. The predicted octanol–water partition coefficient (Wildman–Crippen LogP) is 2.74. The van der Waals surface area contributed by atoms with Crippen LogP contribution in [0, 0.1) is 5.41 Å². The molecular weight excluding hydrogens is 330 g/mol. The predicted molar refractivity (Wildman–Crippen MR) is 95.8 cm³/mol. The number of amides is 1. The second-order valence-electron chi connectivity index (χ2n) is 6.73. The van der Waals surface area contributed by atoms with E-state index in [4.69, 9.17) is 4.74 Å². The zero-order valence-electron chi connectivity index (χ0n) is 14.7.